The molecule has 0 fully saturated rings. The van der Waals surface area contributed by atoms with Gasteiger partial charge in [-0.15, -0.1) is 0 Å². The summed E-state index contributed by atoms with van der Waals surface area (Å²) in [5.41, 5.74) is 3.02. The van der Waals surface area contributed by atoms with E-state index in [1.54, 1.807) is 5.38 Å². The maximum Gasteiger partial charge on any atom is 0.307 e. The molecule has 20 heavy (non-hydrogen) atoms. The Kier molecular flexibility index (Phi) is 4.74. The monoisotopic (exact) mass is 291 g/mol. The molecule has 106 valence electrons. The van der Waals surface area contributed by atoms with Gasteiger partial charge in [0.25, 0.3) is 0 Å². The number of thiazole rings is 1. The average molecular weight is 291 g/mol. The van der Waals surface area contributed by atoms with Crippen LogP contribution >= 0.6 is 11.3 Å². The fourth-order valence-corrected chi connectivity index (χ4v) is 2.90. The molecule has 1 aromatic heterocycles. The molecule has 5 heteroatoms. The van der Waals surface area contributed by atoms with Gasteiger partial charge in [0.15, 0.2) is 0 Å². The standard InChI is InChI=1S/C15H17NO3S/c1-2-3-11-4-6-12(7-5-11)13-10-20-15(19)16(13)9-8-14(17)18/h4-7,10H,2-3,8-9H2,1H3,(H,17,18). The van der Waals surface area contributed by atoms with E-state index in [-0.39, 0.29) is 17.8 Å². The van der Waals surface area contributed by atoms with E-state index in [1.807, 2.05) is 12.1 Å². The molecule has 0 unspecified atom stereocenters. The van der Waals surface area contributed by atoms with Crippen LogP contribution in [-0.4, -0.2) is 15.6 Å². The third kappa shape index (κ3) is 3.36. The summed E-state index contributed by atoms with van der Waals surface area (Å²) in [7, 11) is 0. The van der Waals surface area contributed by atoms with Gasteiger partial charge in [-0.1, -0.05) is 48.9 Å². The Morgan fingerprint density at radius 3 is 2.60 bits per heavy atom. The molecule has 0 saturated carbocycles. The predicted octanol–water partition coefficient (Wildman–Crippen LogP) is 3.00. The van der Waals surface area contributed by atoms with Crippen molar-refractivity contribution in [2.24, 2.45) is 0 Å². The van der Waals surface area contributed by atoms with Crippen LogP contribution in [0.1, 0.15) is 25.3 Å². The van der Waals surface area contributed by atoms with Crippen molar-refractivity contribution in [3.63, 3.8) is 0 Å². The Labute approximate surface area is 121 Å². The number of aryl methyl sites for hydroxylation is 1. The van der Waals surface area contributed by atoms with E-state index in [1.165, 1.54) is 10.1 Å². The van der Waals surface area contributed by atoms with Crippen LogP contribution in [0.5, 0.6) is 0 Å². The molecule has 0 bridgehead atoms. The summed E-state index contributed by atoms with van der Waals surface area (Å²) in [6.45, 7) is 2.35. The summed E-state index contributed by atoms with van der Waals surface area (Å²) in [6.07, 6.45) is 2.09. The van der Waals surface area contributed by atoms with E-state index in [0.717, 1.165) is 35.4 Å². The Hall–Kier alpha value is -1.88. The van der Waals surface area contributed by atoms with E-state index in [4.69, 9.17) is 5.11 Å². The molecular formula is C15H17NO3S. The zero-order valence-corrected chi connectivity index (χ0v) is 12.2. The molecule has 2 aromatic rings. The minimum Gasteiger partial charge on any atom is -0.481 e. The van der Waals surface area contributed by atoms with Crippen molar-refractivity contribution in [2.45, 2.75) is 32.7 Å². The Balaban J connectivity index is 2.28. The number of rotatable bonds is 6. The van der Waals surface area contributed by atoms with Crippen molar-refractivity contribution >= 4 is 17.3 Å². The lowest BCUT2D eigenvalue weighted by Gasteiger charge is -2.07. The molecule has 1 heterocycles. The molecule has 4 nitrogen and oxygen atoms in total. The first-order valence-corrected chi connectivity index (χ1v) is 7.49. The number of hydrogen-bond donors (Lipinski definition) is 1. The van der Waals surface area contributed by atoms with Crippen LogP contribution in [-0.2, 0) is 17.8 Å². The quantitative estimate of drug-likeness (QED) is 0.890. The number of aliphatic carboxylic acids is 1. The van der Waals surface area contributed by atoms with Crippen molar-refractivity contribution in [3.05, 3.63) is 44.9 Å². The first kappa shape index (κ1) is 14.5. The maximum atomic E-state index is 11.8. The highest BCUT2D eigenvalue weighted by atomic mass is 32.1. The summed E-state index contributed by atoms with van der Waals surface area (Å²) in [4.78, 5) is 22.3. The second-order valence-electron chi connectivity index (χ2n) is 4.63. The van der Waals surface area contributed by atoms with Gasteiger partial charge in [0, 0.05) is 11.9 Å². The smallest absolute Gasteiger partial charge is 0.307 e. The second-order valence-corrected chi connectivity index (χ2v) is 5.45. The van der Waals surface area contributed by atoms with E-state index in [2.05, 4.69) is 19.1 Å². The fourth-order valence-electron chi connectivity index (χ4n) is 2.11. The largest absolute Gasteiger partial charge is 0.481 e. The van der Waals surface area contributed by atoms with Crippen LogP contribution in [0, 0.1) is 0 Å². The highest BCUT2D eigenvalue weighted by Crippen LogP contribution is 2.21. The van der Waals surface area contributed by atoms with Gasteiger partial charge in [-0.3, -0.25) is 14.2 Å². The topological polar surface area (TPSA) is 59.3 Å². The molecule has 0 aliphatic rings. The number of carboxylic acid groups (broad SMARTS) is 1. The molecule has 1 N–H and O–H groups in total. The Morgan fingerprint density at radius 2 is 2.00 bits per heavy atom. The number of benzene rings is 1. The van der Waals surface area contributed by atoms with Crippen LogP contribution in [0.15, 0.2) is 34.4 Å². The molecule has 0 saturated heterocycles. The lowest BCUT2D eigenvalue weighted by atomic mass is 10.1. The van der Waals surface area contributed by atoms with E-state index in [9.17, 15) is 9.59 Å². The number of carboxylic acids is 1. The SMILES string of the molecule is CCCc1ccc(-c2csc(=O)n2CCC(=O)O)cc1. The molecule has 0 aliphatic heterocycles. The molecule has 0 amide bonds. The summed E-state index contributed by atoms with van der Waals surface area (Å²) in [6, 6.07) is 8.10. The van der Waals surface area contributed by atoms with E-state index >= 15 is 0 Å². The van der Waals surface area contributed by atoms with Gasteiger partial charge in [0.2, 0.25) is 0 Å². The lowest BCUT2D eigenvalue weighted by Crippen LogP contribution is -2.16. The third-order valence-electron chi connectivity index (χ3n) is 3.12. The number of hydrogen-bond acceptors (Lipinski definition) is 3. The van der Waals surface area contributed by atoms with Gasteiger partial charge in [0.05, 0.1) is 12.1 Å². The van der Waals surface area contributed by atoms with E-state index < -0.39 is 5.97 Å². The normalized spacial score (nSPS) is 10.7. The molecule has 0 aliphatic carbocycles. The lowest BCUT2D eigenvalue weighted by molar-refractivity contribution is -0.137. The van der Waals surface area contributed by atoms with Crippen molar-refractivity contribution in [2.75, 3.05) is 0 Å². The summed E-state index contributed by atoms with van der Waals surface area (Å²) in [5.74, 6) is -0.896. The molecular weight excluding hydrogens is 274 g/mol. The highest BCUT2D eigenvalue weighted by molar-refractivity contribution is 7.07. The third-order valence-corrected chi connectivity index (χ3v) is 3.88. The minimum atomic E-state index is -0.896. The fraction of sp³-hybridized carbons (Fsp3) is 0.333. The van der Waals surface area contributed by atoms with Gasteiger partial charge >= 0.3 is 10.8 Å². The average Bonchev–Trinajstić information content (AvgIpc) is 2.79. The van der Waals surface area contributed by atoms with Crippen molar-refractivity contribution in [1.82, 2.24) is 4.57 Å². The number of carbonyl (C=O) groups is 1. The van der Waals surface area contributed by atoms with E-state index in [0.29, 0.717) is 0 Å². The molecule has 2 rings (SSSR count). The zero-order chi connectivity index (χ0) is 14.5. The van der Waals surface area contributed by atoms with Crippen molar-refractivity contribution < 1.29 is 9.90 Å². The van der Waals surface area contributed by atoms with Crippen LogP contribution in [0.2, 0.25) is 0 Å². The van der Waals surface area contributed by atoms with Gasteiger partial charge in [-0.25, -0.2) is 0 Å². The van der Waals surface area contributed by atoms with Gasteiger partial charge in [0.1, 0.15) is 0 Å². The Bertz CT molecular complexity index is 640. The maximum absolute atomic E-state index is 11.8. The first-order valence-electron chi connectivity index (χ1n) is 6.61. The second kappa shape index (κ2) is 6.52. The van der Waals surface area contributed by atoms with Crippen LogP contribution in [0.3, 0.4) is 0 Å². The van der Waals surface area contributed by atoms with Gasteiger partial charge in [-0.2, -0.15) is 0 Å². The molecule has 1 aromatic carbocycles. The summed E-state index contributed by atoms with van der Waals surface area (Å²) >= 11 is 1.11. The summed E-state index contributed by atoms with van der Waals surface area (Å²) in [5, 5.41) is 10.5. The minimum absolute atomic E-state index is 0.0441. The van der Waals surface area contributed by atoms with Crippen LogP contribution < -0.4 is 4.87 Å². The molecule has 0 atom stereocenters. The molecule has 0 radical (unpaired) electrons. The highest BCUT2D eigenvalue weighted by Gasteiger charge is 2.10. The predicted molar refractivity (Wildman–Crippen MR) is 80.3 cm³/mol. The number of nitrogens with zero attached hydrogens (tertiary/aromatic N) is 1. The van der Waals surface area contributed by atoms with Crippen molar-refractivity contribution in [3.8, 4) is 11.3 Å². The first-order chi connectivity index (χ1) is 9.61. The molecule has 0 spiro atoms. The summed E-state index contributed by atoms with van der Waals surface area (Å²) < 4.78 is 1.54. The van der Waals surface area contributed by atoms with Crippen LogP contribution in [0.4, 0.5) is 0 Å². The zero-order valence-electron chi connectivity index (χ0n) is 11.3. The van der Waals surface area contributed by atoms with Crippen molar-refractivity contribution in [1.29, 1.82) is 0 Å². The Morgan fingerprint density at radius 1 is 1.30 bits per heavy atom. The van der Waals surface area contributed by atoms with Gasteiger partial charge in [-0.05, 0) is 17.5 Å². The van der Waals surface area contributed by atoms with Gasteiger partial charge < -0.3 is 5.11 Å². The number of aromatic nitrogens is 1. The van der Waals surface area contributed by atoms with Crippen LogP contribution in [0.25, 0.3) is 11.3 Å².